The Balaban J connectivity index is 1.69. The van der Waals surface area contributed by atoms with Gasteiger partial charge >= 0.3 is 0 Å². The molecule has 0 spiro atoms. The largest absolute Gasteiger partial charge is 0.507 e. The molecule has 4 nitrogen and oxygen atoms in total. The van der Waals surface area contributed by atoms with Crippen molar-refractivity contribution in [1.82, 2.24) is 4.98 Å². The third kappa shape index (κ3) is 3.55. The molecule has 0 bridgehead atoms. The number of oxazole rings is 1. The second-order valence-corrected chi connectivity index (χ2v) is 7.80. The molecule has 0 saturated carbocycles. The van der Waals surface area contributed by atoms with Gasteiger partial charge in [-0.05, 0) is 67.4 Å². The summed E-state index contributed by atoms with van der Waals surface area (Å²) in [6.45, 7) is 3.72. The van der Waals surface area contributed by atoms with E-state index in [0.29, 0.717) is 33.3 Å². The van der Waals surface area contributed by atoms with E-state index in [1.165, 1.54) is 0 Å². The van der Waals surface area contributed by atoms with Crippen LogP contribution >= 0.6 is 27.5 Å². The topological polar surface area (TPSA) is 58.6 Å². The van der Waals surface area contributed by atoms with Crippen molar-refractivity contribution in [3.8, 4) is 17.2 Å². The Labute approximate surface area is 175 Å². The zero-order valence-electron chi connectivity index (χ0n) is 15.2. The van der Waals surface area contributed by atoms with E-state index in [0.717, 1.165) is 21.2 Å². The first-order valence-electron chi connectivity index (χ1n) is 8.61. The van der Waals surface area contributed by atoms with Gasteiger partial charge in [-0.25, -0.2) is 4.98 Å². The fourth-order valence-corrected chi connectivity index (χ4v) is 3.55. The third-order valence-corrected chi connectivity index (χ3v) is 5.57. The molecule has 0 aliphatic carbocycles. The molecule has 0 radical (unpaired) electrons. The van der Waals surface area contributed by atoms with Crippen molar-refractivity contribution in [2.45, 2.75) is 13.8 Å². The van der Waals surface area contributed by atoms with Crippen LogP contribution in [-0.4, -0.2) is 16.3 Å². The second-order valence-electron chi connectivity index (χ2n) is 6.50. The number of aliphatic imine (C=N–C) groups is 1. The molecular formula is C22H16BrClN2O2. The maximum Gasteiger partial charge on any atom is 0.227 e. The zero-order chi connectivity index (χ0) is 19.8. The third-order valence-electron chi connectivity index (χ3n) is 4.49. The van der Waals surface area contributed by atoms with Crippen molar-refractivity contribution >= 4 is 50.5 Å². The molecule has 0 unspecified atom stereocenters. The standard InChI is InChI=1S/C22H16BrClN2O2/c1-12-8-19(27)17(13(2)21(12)24)11-25-16-6-7-20-18(10-16)26-22(28-20)14-4-3-5-15(23)9-14/h3-11,27H,1-2H3. The Morgan fingerprint density at radius 2 is 1.96 bits per heavy atom. The van der Waals surface area contributed by atoms with Crippen LogP contribution in [0.2, 0.25) is 5.02 Å². The van der Waals surface area contributed by atoms with Crippen LogP contribution in [0.15, 0.2) is 62.4 Å². The van der Waals surface area contributed by atoms with Crippen LogP contribution in [-0.2, 0) is 0 Å². The lowest BCUT2D eigenvalue weighted by Crippen LogP contribution is -1.92. The fourth-order valence-electron chi connectivity index (χ4n) is 3.00. The summed E-state index contributed by atoms with van der Waals surface area (Å²) in [5.74, 6) is 0.707. The Bertz CT molecular complexity index is 1230. The highest BCUT2D eigenvalue weighted by Gasteiger charge is 2.11. The van der Waals surface area contributed by atoms with Crippen LogP contribution in [0.4, 0.5) is 5.69 Å². The van der Waals surface area contributed by atoms with E-state index in [1.54, 1.807) is 12.3 Å². The number of halogens is 2. The molecule has 0 aliphatic heterocycles. The molecule has 1 heterocycles. The van der Waals surface area contributed by atoms with Crippen LogP contribution in [0.1, 0.15) is 16.7 Å². The van der Waals surface area contributed by atoms with Crippen LogP contribution in [0.5, 0.6) is 5.75 Å². The van der Waals surface area contributed by atoms with E-state index >= 15 is 0 Å². The minimum Gasteiger partial charge on any atom is -0.507 e. The van der Waals surface area contributed by atoms with E-state index < -0.39 is 0 Å². The predicted molar refractivity (Wildman–Crippen MR) is 117 cm³/mol. The van der Waals surface area contributed by atoms with Crippen molar-refractivity contribution in [2.24, 2.45) is 4.99 Å². The van der Waals surface area contributed by atoms with Gasteiger partial charge in [-0.3, -0.25) is 4.99 Å². The van der Waals surface area contributed by atoms with Gasteiger partial charge in [-0.1, -0.05) is 33.6 Å². The Morgan fingerprint density at radius 3 is 2.75 bits per heavy atom. The summed E-state index contributed by atoms with van der Waals surface area (Å²) in [5, 5.41) is 10.8. The van der Waals surface area contributed by atoms with Crippen LogP contribution in [0.25, 0.3) is 22.6 Å². The lowest BCUT2D eigenvalue weighted by atomic mass is 10.0. The molecule has 0 fully saturated rings. The molecule has 28 heavy (non-hydrogen) atoms. The van der Waals surface area contributed by atoms with E-state index in [4.69, 9.17) is 16.0 Å². The summed E-state index contributed by atoms with van der Waals surface area (Å²) in [6, 6.07) is 15.0. The molecule has 0 atom stereocenters. The molecule has 4 rings (SSSR count). The van der Waals surface area contributed by atoms with Gasteiger partial charge in [-0.15, -0.1) is 0 Å². The molecule has 4 aromatic rings. The molecule has 1 N–H and O–H groups in total. The van der Waals surface area contributed by atoms with Gasteiger partial charge in [-0.2, -0.15) is 0 Å². The normalized spacial score (nSPS) is 11.6. The number of phenolic OH excluding ortho intramolecular Hbond substituents is 1. The maximum atomic E-state index is 10.2. The minimum absolute atomic E-state index is 0.155. The number of hydrogen-bond acceptors (Lipinski definition) is 4. The summed E-state index contributed by atoms with van der Waals surface area (Å²) in [7, 11) is 0. The summed E-state index contributed by atoms with van der Waals surface area (Å²) >= 11 is 9.75. The summed E-state index contributed by atoms with van der Waals surface area (Å²) in [6.07, 6.45) is 1.62. The van der Waals surface area contributed by atoms with Gasteiger partial charge in [0.2, 0.25) is 5.89 Å². The number of aromatic hydroxyl groups is 1. The molecule has 6 heteroatoms. The number of benzene rings is 3. The lowest BCUT2D eigenvalue weighted by molar-refractivity contribution is 0.473. The quantitative estimate of drug-likeness (QED) is 0.339. The highest BCUT2D eigenvalue weighted by molar-refractivity contribution is 9.10. The Morgan fingerprint density at radius 1 is 1.14 bits per heavy atom. The predicted octanol–water partition coefficient (Wildman–Crippen LogP) is 6.98. The van der Waals surface area contributed by atoms with Crippen molar-refractivity contribution in [2.75, 3.05) is 0 Å². The van der Waals surface area contributed by atoms with Gasteiger partial charge in [0.15, 0.2) is 5.58 Å². The molecular weight excluding hydrogens is 440 g/mol. The van der Waals surface area contributed by atoms with E-state index in [-0.39, 0.29) is 5.75 Å². The number of fused-ring (bicyclic) bond motifs is 1. The molecule has 3 aromatic carbocycles. The smallest absolute Gasteiger partial charge is 0.227 e. The Hall–Kier alpha value is -2.63. The van der Waals surface area contributed by atoms with Crippen molar-refractivity contribution < 1.29 is 9.52 Å². The van der Waals surface area contributed by atoms with Crippen molar-refractivity contribution in [1.29, 1.82) is 0 Å². The first-order chi connectivity index (χ1) is 13.4. The Kier molecular flexibility index (Phi) is 4.96. The average molecular weight is 456 g/mol. The van der Waals surface area contributed by atoms with Crippen LogP contribution < -0.4 is 0 Å². The lowest BCUT2D eigenvalue weighted by Gasteiger charge is -2.08. The second kappa shape index (κ2) is 7.41. The molecule has 1 aromatic heterocycles. The van der Waals surface area contributed by atoms with Gasteiger partial charge < -0.3 is 9.52 Å². The number of aryl methyl sites for hydroxylation is 1. The monoisotopic (exact) mass is 454 g/mol. The van der Waals surface area contributed by atoms with Gasteiger partial charge in [0, 0.05) is 26.8 Å². The maximum absolute atomic E-state index is 10.2. The average Bonchev–Trinajstić information content (AvgIpc) is 3.09. The first kappa shape index (κ1) is 18.7. The molecule has 0 saturated heterocycles. The number of hydrogen-bond donors (Lipinski definition) is 1. The molecule has 140 valence electrons. The SMILES string of the molecule is Cc1cc(O)c(C=Nc2ccc3oc(-c4cccc(Br)c4)nc3c2)c(C)c1Cl. The van der Waals surface area contributed by atoms with E-state index in [1.807, 2.05) is 56.3 Å². The van der Waals surface area contributed by atoms with Crippen LogP contribution in [0, 0.1) is 13.8 Å². The summed E-state index contributed by atoms with van der Waals surface area (Å²) in [5.41, 5.74) is 5.23. The minimum atomic E-state index is 0.155. The highest BCUT2D eigenvalue weighted by Crippen LogP contribution is 2.31. The highest BCUT2D eigenvalue weighted by atomic mass is 79.9. The van der Waals surface area contributed by atoms with Gasteiger partial charge in [0.25, 0.3) is 0 Å². The fraction of sp³-hybridized carbons (Fsp3) is 0.0909. The van der Waals surface area contributed by atoms with E-state index in [2.05, 4.69) is 25.9 Å². The number of rotatable bonds is 3. The van der Waals surface area contributed by atoms with Gasteiger partial charge in [0.1, 0.15) is 11.3 Å². The number of phenols is 1. The first-order valence-corrected chi connectivity index (χ1v) is 9.79. The van der Waals surface area contributed by atoms with Crippen molar-refractivity contribution in [3.05, 3.63) is 74.7 Å². The van der Waals surface area contributed by atoms with Crippen molar-refractivity contribution in [3.63, 3.8) is 0 Å². The molecule has 0 amide bonds. The van der Waals surface area contributed by atoms with Crippen LogP contribution in [0.3, 0.4) is 0 Å². The van der Waals surface area contributed by atoms with E-state index in [9.17, 15) is 5.11 Å². The zero-order valence-corrected chi connectivity index (χ0v) is 17.5. The summed E-state index contributed by atoms with van der Waals surface area (Å²) in [4.78, 5) is 9.05. The molecule has 0 aliphatic rings. The summed E-state index contributed by atoms with van der Waals surface area (Å²) < 4.78 is 6.82. The van der Waals surface area contributed by atoms with Gasteiger partial charge in [0.05, 0.1) is 5.69 Å². The number of nitrogens with zero attached hydrogens (tertiary/aromatic N) is 2. The number of aromatic nitrogens is 1.